The molecule has 1 aliphatic heterocycles. The van der Waals surface area contributed by atoms with Gasteiger partial charge in [-0.15, -0.1) is 0 Å². The van der Waals surface area contributed by atoms with E-state index >= 15 is 0 Å². The number of hydrogen-bond donors (Lipinski definition) is 0. The van der Waals surface area contributed by atoms with Gasteiger partial charge in [0.05, 0.1) is 11.5 Å². The molecule has 0 N–H and O–H groups in total. The minimum Gasteiger partial charge on any atom is -0.338 e. The first kappa shape index (κ1) is 15.0. The van der Waals surface area contributed by atoms with Crippen molar-refractivity contribution in [1.29, 1.82) is 0 Å². The second kappa shape index (κ2) is 5.20. The van der Waals surface area contributed by atoms with Gasteiger partial charge in [-0.2, -0.15) is 0 Å². The SMILES string of the molecule is Cc1cc(C)c(C(=O)N(C)C2CCS(=O)(=O)C2)c(C)c1. The van der Waals surface area contributed by atoms with Crippen LogP contribution < -0.4 is 0 Å². The van der Waals surface area contributed by atoms with E-state index in [1.165, 1.54) is 0 Å². The van der Waals surface area contributed by atoms with E-state index in [0.717, 1.165) is 16.7 Å². The number of carbonyl (C=O) groups excluding carboxylic acids is 1. The Morgan fingerprint density at radius 3 is 2.20 bits per heavy atom. The third-order valence-corrected chi connectivity index (χ3v) is 5.72. The molecule has 1 heterocycles. The molecule has 0 bridgehead atoms. The van der Waals surface area contributed by atoms with Crippen molar-refractivity contribution in [1.82, 2.24) is 4.90 Å². The summed E-state index contributed by atoms with van der Waals surface area (Å²) in [5.41, 5.74) is 3.71. The van der Waals surface area contributed by atoms with Gasteiger partial charge in [0.15, 0.2) is 9.84 Å². The Kier molecular flexibility index (Phi) is 3.91. The van der Waals surface area contributed by atoms with E-state index < -0.39 is 9.84 Å². The van der Waals surface area contributed by atoms with Gasteiger partial charge in [-0.3, -0.25) is 4.79 Å². The molecule has 1 aliphatic rings. The van der Waals surface area contributed by atoms with E-state index in [9.17, 15) is 13.2 Å². The van der Waals surface area contributed by atoms with Crippen LogP contribution in [0.15, 0.2) is 12.1 Å². The van der Waals surface area contributed by atoms with Gasteiger partial charge >= 0.3 is 0 Å². The molecule has 1 atom stereocenters. The summed E-state index contributed by atoms with van der Waals surface area (Å²) in [4.78, 5) is 14.2. The Morgan fingerprint density at radius 1 is 1.20 bits per heavy atom. The molecule has 0 radical (unpaired) electrons. The smallest absolute Gasteiger partial charge is 0.254 e. The van der Waals surface area contributed by atoms with Crippen molar-refractivity contribution in [2.75, 3.05) is 18.6 Å². The van der Waals surface area contributed by atoms with E-state index in [2.05, 4.69) is 0 Å². The van der Waals surface area contributed by atoms with Crippen molar-refractivity contribution < 1.29 is 13.2 Å². The fourth-order valence-corrected chi connectivity index (χ4v) is 4.71. The van der Waals surface area contributed by atoms with Crippen LogP contribution in [-0.4, -0.2) is 43.8 Å². The number of hydrogen-bond acceptors (Lipinski definition) is 3. The summed E-state index contributed by atoms with van der Waals surface area (Å²) in [6.45, 7) is 5.85. The Labute approximate surface area is 120 Å². The molecule has 0 spiro atoms. The summed E-state index contributed by atoms with van der Waals surface area (Å²) in [6.07, 6.45) is 0.536. The lowest BCUT2D eigenvalue weighted by Gasteiger charge is -2.25. The molecule has 5 heteroatoms. The molecule has 1 fully saturated rings. The predicted octanol–water partition coefficient (Wildman–Crippen LogP) is 1.87. The van der Waals surface area contributed by atoms with Gasteiger partial charge in [-0.05, 0) is 38.3 Å². The van der Waals surface area contributed by atoms with Crippen LogP contribution in [0.3, 0.4) is 0 Å². The maximum absolute atomic E-state index is 12.6. The van der Waals surface area contributed by atoms with Crippen LogP contribution in [0.5, 0.6) is 0 Å². The fraction of sp³-hybridized carbons (Fsp3) is 0.533. The Balaban J connectivity index is 2.28. The summed E-state index contributed by atoms with van der Waals surface area (Å²) in [7, 11) is -1.28. The van der Waals surface area contributed by atoms with Gasteiger partial charge in [-0.25, -0.2) is 8.42 Å². The minimum absolute atomic E-state index is 0.0814. The van der Waals surface area contributed by atoms with E-state index in [1.807, 2.05) is 32.9 Å². The first-order valence-corrected chi connectivity index (χ1v) is 8.59. The van der Waals surface area contributed by atoms with Crippen LogP contribution in [0.25, 0.3) is 0 Å². The monoisotopic (exact) mass is 295 g/mol. The van der Waals surface area contributed by atoms with Gasteiger partial charge in [0.25, 0.3) is 5.91 Å². The average molecular weight is 295 g/mol. The lowest BCUT2D eigenvalue weighted by atomic mass is 9.98. The highest BCUT2D eigenvalue weighted by atomic mass is 32.2. The molecule has 1 unspecified atom stereocenters. The molecule has 110 valence electrons. The molecular weight excluding hydrogens is 274 g/mol. The molecule has 20 heavy (non-hydrogen) atoms. The molecule has 0 aliphatic carbocycles. The van der Waals surface area contributed by atoms with Gasteiger partial charge in [0, 0.05) is 18.7 Å². The predicted molar refractivity (Wildman–Crippen MR) is 79.8 cm³/mol. The van der Waals surface area contributed by atoms with Crippen molar-refractivity contribution in [3.05, 3.63) is 34.4 Å². The van der Waals surface area contributed by atoms with E-state index in [4.69, 9.17) is 0 Å². The molecular formula is C15H21NO3S. The van der Waals surface area contributed by atoms with E-state index in [-0.39, 0.29) is 23.5 Å². The summed E-state index contributed by atoms with van der Waals surface area (Å²) in [6, 6.07) is 3.77. The molecule has 0 saturated carbocycles. The van der Waals surface area contributed by atoms with Crippen LogP contribution in [0.2, 0.25) is 0 Å². The fourth-order valence-electron chi connectivity index (χ4n) is 2.94. The number of rotatable bonds is 2. The van der Waals surface area contributed by atoms with Crippen molar-refractivity contribution in [2.45, 2.75) is 33.2 Å². The molecule has 1 amide bonds. The van der Waals surface area contributed by atoms with Crippen LogP contribution in [-0.2, 0) is 9.84 Å². The summed E-state index contributed by atoms with van der Waals surface area (Å²) >= 11 is 0. The number of carbonyl (C=O) groups is 1. The third kappa shape index (κ3) is 2.87. The largest absolute Gasteiger partial charge is 0.338 e. The normalized spacial score (nSPS) is 20.9. The van der Waals surface area contributed by atoms with Gasteiger partial charge in [-0.1, -0.05) is 17.7 Å². The number of aryl methyl sites for hydroxylation is 3. The van der Waals surface area contributed by atoms with Gasteiger partial charge in [0.1, 0.15) is 0 Å². The lowest BCUT2D eigenvalue weighted by molar-refractivity contribution is 0.0746. The van der Waals surface area contributed by atoms with Crippen molar-refractivity contribution in [3.63, 3.8) is 0 Å². The van der Waals surface area contributed by atoms with Gasteiger partial charge < -0.3 is 4.90 Å². The van der Waals surface area contributed by atoms with Crippen LogP contribution in [0.1, 0.15) is 33.5 Å². The first-order chi connectivity index (χ1) is 9.21. The molecule has 1 aromatic carbocycles. The minimum atomic E-state index is -2.98. The molecule has 1 aromatic rings. The zero-order chi connectivity index (χ0) is 15.1. The Hall–Kier alpha value is -1.36. The quantitative estimate of drug-likeness (QED) is 0.837. The third-order valence-electron chi connectivity index (χ3n) is 3.97. The first-order valence-electron chi connectivity index (χ1n) is 6.77. The highest BCUT2D eigenvalue weighted by Gasteiger charge is 2.33. The maximum atomic E-state index is 12.6. The topological polar surface area (TPSA) is 54.5 Å². The maximum Gasteiger partial charge on any atom is 0.254 e. The summed E-state index contributed by atoms with van der Waals surface area (Å²) in [5, 5.41) is 0. The molecule has 0 aromatic heterocycles. The number of amides is 1. The van der Waals surface area contributed by atoms with E-state index in [0.29, 0.717) is 12.0 Å². The van der Waals surface area contributed by atoms with Crippen LogP contribution in [0.4, 0.5) is 0 Å². The zero-order valence-electron chi connectivity index (χ0n) is 12.4. The summed E-state index contributed by atoms with van der Waals surface area (Å²) in [5.74, 6) is 0.183. The average Bonchev–Trinajstić information content (AvgIpc) is 2.67. The molecule has 1 saturated heterocycles. The number of nitrogens with zero attached hydrogens (tertiary/aromatic N) is 1. The lowest BCUT2D eigenvalue weighted by Crippen LogP contribution is -2.38. The second-order valence-corrected chi connectivity index (χ2v) is 7.98. The van der Waals surface area contributed by atoms with Crippen molar-refractivity contribution in [3.8, 4) is 0 Å². The molecule has 2 rings (SSSR count). The highest BCUT2D eigenvalue weighted by Crippen LogP contribution is 2.22. The summed E-state index contributed by atoms with van der Waals surface area (Å²) < 4.78 is 23.1. The van der Waals surface area contributed by atoms with Crippen LogP contribution in [0, 0.1) is 20.8 Å². The Bertz CT molecular complexity index is 626. The van der Waals surface area contributed by atoms with E-state index in [1.54, 1.807) is 11.9 Å². The van der Waals surface area contributed by atoms with Gasteiger partial charge in [0.2, 0.25) is 0 Å². The van der Waals surface area contributed by atoms with Crippen molar-refractivity contribution >= 4 is 15.7 Å². The second-order valence-electron chi connectivity index (χ2n) is 5.75. The number of sulfone groups is 1. The standard InChI is InChI=1S/C15H21NO3S/c1-10-7-11(2)14(12(3)8-10)15(17)16(4)13-5-6-20(18,19)9-13/h7-8,13H,5-6,9H2,1-4H3. The van der Waals surface area contributed by atoms with Crippen molar-refractivity contribution in [2.24, 2.45) is 0 Å². The van der Waals surface area contributed by atoms with Crippen LogP contribution >= 0.6 is 0 Å². The Morgan fingerprint density at radius 2 is 1.75 bits per heavy atom. The molecule has 4 nitrogen and oxygen atoms in total. The number of benzene rings is 1. The zero-order valence-corrected chi connectivity index (χ0v) is 13.3. The highest BCUT2D eigenvalue weighted by molar-refractivity contribution is 7.91.